The van der Waals surface area contributed by atoms with Gasteiger partial charge in [-0.15, -0.1) is 0 Å². The summed E-state index contributed by atoms with van der Waals surface area (Å²) in [5.41, 5.74) is 8.81. The van der Waals surface area contributed by atoms with Crippen LogP contribution in [-0.4, -0.2) is 5.54 Å². The van der Waals surface area contributed by atoms with Gasteiger partial charge in [0.05, 0.1) is 0 Å². The van der Waals surface area contributed by atoms with Crippen LogP contribution in [0.2, 0.25) is 0 Å². The van der Waals surface area contributed by atoms with Crippen LogP contribution in [0.4, 0.5) is 4.39 Å². The molecule has 0 aliphatic heterocycles. The first-order valence-electron chi connectivity index (χ1n) is 7.09. The van der Waals surface area contributed by atoms with Crippen molar-refractivity contribution in [1.82, 2.24) is 0 Å². The zero-order chi connectivity index (χ0) is 13.2. The highest BCUT2D eigenvalue weighted by Crippen LogP contribution is 2.36. The maximum Gasteiger partial charge on any atom is 0.123 e. The van der Waals surface area contributed by atoms with Crippen molar-refractivity contribution in [2.45, 2.75) is 57.9 Å². The van der Waals surface area contributed by atoms with Crippen molar-refractivity contribution in [3.05, 3.63) is 35.1 Å². The monoisotopic (exact) mass is 249 g/mol. The van der Waals surface area contributed by atoms with Crippen molar-refractivity contribution in [3.63, 3.8) is 0 Å². The normalized spacial score (nSPS) is 28.3. The third kappa shape index (κ3) is 2.74. The fraction of sp³-hybridized carbons (Fsp3) is 0.625. The van der Waals surface area contributed by atoms with E-state index >= 15 is 0 Å². The molecule has 2 rings (SSSR count). The maximum absolute atomic E-state index is 13.1. The molecule has 1 nitrogen and oxygen atoms in total. The standard InChI is InChI=1S/C16H24FN/c1-3-14-6-4-5-9-16(14,18)11-13-7-8-15(17)10-12(13)2/h7-8,10,14H,3-6,9,11,18H2,1-2H3. The summed E-state index contributed by atoms with van der Waals surface area (Å²) < 4.78 is 13.1. The van der Waals surface area contributed by atoms with E-state index in [1.807, 2.05) is 13.0 Å². The molecule has 0 bridgehead atoms. The van der Waals surface area contributed by atoms with Crippen molar-refractivity contribution in [1.29, 1.82) is 0 Å². The highest BCUT2D eigenvalue weighted by molar-refractivity contribution is 5.28. The smallest absolute Gasteiger partial charge is 0.123 e. The zero-order valence-electron chi connectivity index (χ0n) is 11.5. The second kappa shape index (κ2) is 5.40. The van der Waals surface area contributed by atoms with E-state index in [1.54, 1.807) is 12.1 Å². The molecule has 0 saturated heterocycles. The second-order valence-electron chi connectivity index (χ2n) is 5.83. The van der Waals surface area contributed by atoms with E-state index in [0.29, 0.717) is 5.92 Å². The quantitative estimate of drug-likeness (QED) is 0.861. The van der Waals surface area contributed by atoms with Crippen LogP contribution >= 0.6 is 0 Å². The molecule has 2 N–H and O–H groups in total. The van der Waals surface area contributed by atoms with Crippen LogP contribution in [0.25, 0.3) is 0 Å². The third-order valence-electron chi connectivity index (χ3n) is 4.57. The summed E-state index contributed by atoms with van der Waals surface area (Å²) >= 11 is 0. The predicted molar refractivity (Wildman–Crippen MR) is 74.0 cm³/mol. The summed E-state index contributed by atoms with van der Waals surface area (Å²) in [4.78, 5) is 0. The Labute approximate surface area is 110 Å². The Bertz CT molecular complexity index is 416. The minimum atomic E-state index is -0.155. The molecule has 1 aromatic rings. The molecule has 1 saturated carbocycles. The van der Waals surface area contributed by atoms with Crippen molar-refractivity contribution in [3.8, 4) is 0 Å². The summed E-state index contributed by atoms with van der Waals surface area (Å²) in [6, 6.07) is 5.07. The van der Waals surface area contributed by atoms with Gasteiger partial charge in [-0.1, -0.05) is 32.3 Å². The van der Waals surface area contributed by atoms with Crippen LogP contribution in [-0.2, 0) is 6.42 Å². The van der Waals surface area contributed by atoms with Gasteiger partial charge in [0.15, 0.2) is 0 Å². The molecule has 2 heteroatoms. The molecule has 0 amide bonds. The number of halogens is 1. The Morgan fingerprint density at radius 2 is 2.17 bits per heavy atom. The Kier molecular flexibility index (Phi) is 4.06. The minimum Gasteiger partial charge on any atom is -0.325 e. The summed E-state index contributed by atoms with van der Waals surface area (Å²) in [5.74, 6) is 0.453. The van der Waals surface area contributed by atoms with Crippen LogP contribution in [0.5, 0.6) is 0 Å². The van der Waals surface area contributed by atoms with Crippen LogP contribution in [0, 0.1) is 18.7 Å². The number of hydrogen-bond acceptors (Lipinski definition) is 1. The fourth-order valence-corrected chi connectivity index (χ4v) is 3.39. The molecule has 1 aliphatic carbocycles. The first-order valence-corrected chi connectivity index (χ1v) is 7.09. The zero-order valence-corrected chi connectivity index (χ0v) is 11.5. The highest BCUT2D eigenvalue weighted by Gasteiger charge is 2.36. The minimum absolute atomic E-state index is 0.0877. The van der Waals surface area contributed by atoms with Gasteiger partial charge in [0.25, 0.3) is 0 Å². The largest absolute Gasteiger partial charge is 0.325 e. The molecule has 18 heavy (non-hydrogen) atoms. The lowest BCUT2D eigenvalue weighted by Gasteiger charge is -2.41. The van der Waals surface area contributed by atoms with E-state index in [2.05, 4.69) is 6.92 Å². The van der Waals surface area contributed by atoms with Gasteiger partial charge in [-0.05, 0) is 55.4 Å². The molecule has 1 aliphatic rings. The summed E-state index contributed by atoms with van der Waals surface area (Å²) in [5, 5.41) is 0. The Balaban J connectivity index is 2.20. The molecular formula is C16H24FN. The number of benzene rings is 1. The topological polar surface area (TPSA) is 26.0 Å². The molecule has 2 atom stereocenters. The van der Waals surface area contributed by atoms with E-state index in [1.165, 1.54) is 24.8 Å². The fourth-order valence-electron chi connectivity index (χ4n) is 3.39. The molecule has 100 valence electrons. The lowest BCUT2D eigenvalue weighted by atomic mass is 9.69. The number of aryl methyl sites for hydroxylation is 1. The maximum atomic E-state index is 13.1. The number of rotatable bonds is 3. The first kappa shape index (κ1) is 13.5. The number of hydrogen-bond donors (Lipinski definition) is 1. The lowest BCUT2D eigenvalue weighted by molar-refractivity contribution is 0.182. The van der Waals surface area contributed by atoms with Gasteiger partial charge in [-0.3, -0.25) is 0 Å². The third-order valence-corrected chi connectivity index (χ3v) is 4.57. The lowest BCUT2D eigenvalue weighted by Crippen LogP contribution is -2.51. The van der Waals surface area contributed by atoms with E-state index < -0.39 is 0 Å². The molecule has 0 aromatic heterocycles. The van der Waals surface area contributed by atoms with Gasteiger partial charge in [0, 0.05) is 5.54 Å². The molecule has 0 radical (unpaired) electrons. The van der Waals surface area contributed by atoms with Crippen molar-refractivity contribution in [2.75, 3.05) is 0 Å². The molecule has 2 unspecified atom stereocenters. The average Bonchev–Trinajstić information content (AvgIpc) is 2.33. The number of nitrogens with two attached hydrogens (primary N) is 1. The summed E-state index contributed by atoms with van der Waals surface area (Å²) in [6.45, 7) is 4.21. The van der Waals surface area contributed by atoms with Gasteiger partial charge in [0.1, 0.15) is 5.82 Å². The molecule has 1 fully saturated rings. The van der Waals surface area contributed by atoms with Crippen molar-refractivity contribution < 1.29 is 4.39 Å². The average molecular weight is 249 g/mol. The highest BCUT2D eigenvalue weighted by atomic mass is 19.1. The Hall–Kier alpha value is -0.890. The Morgan fingerprint density at radius 1 is 1.39 bits per heavy atom. The van der Waals surface area contributed by atoms with Gasteiger partial charge in [-0.2, -0.15) is 0 Å². The molecule has 1 aromatic carbocycles. The van der Waals surface area contributed by atoms with E-state index in [-0.39, 0.29) is 11.4 Å². The SMILES string of the molecule is CCC1CCCCC1(N)Cc1ccc(F)cc1C. The van der Waals surface area contributed by atoms with E-state index in [4.69, 9.17) is 5.73 Å². The van der Waals surface area contributed by atoms with E-state index in [0.717, 1.165) is 24.8 Å². The van der Waals surface area contributed by atoms with Gasteiger partial charge in [0.2, 0.25) is 0 Å². The van der Waals surface area contributed by atoms with Crippen LogP contribution < -0.4 is 5.73 Å². The summed E-state index contributed by atoms with van der Waals surface area (Å²) in [6.07, 6.45) is 6.91. The molecule has 0 heterocycles. The van der Waals surface area contributed by atoms with Crippen LogP contribution in [0.1, 0.15) is 50.2 Å². The Morgan fingerprint density at radius 3 is 2.83 bits per heavy atom. The van der Waals surface area contributed by atoms with Crippen LogP contribution in [0.15, 0.2) is 18.2 Å². The van der Waals surface area contributed by atoms with Gasteiger partial charge < -0.3 is 5.73 Å². The van der Waals surface area contributed by atoms with Crippen molar-refractivity contribution in [2.24, 2.45) is 11.7 Å². The first-order chi connectivity index (χ1) is 8.55. The summed E-state index contributed by atoms with van der Waals surface area (Å²) in [7, 11) is 0. The van der Waals surface area contributed by atoms with Crippen LogP contribution in [0.3, 0.4) is 0 Å². The van der Waals surface area contributed by atoms with Gasteiger partial charge >= 0.3 is 0 Å². The van der Waals surface area contributed by atoms with E-state index in [9.17, 15) is 4.39 Å². The van der Waals surface area contributed by atoms with Crippen molar-refractivity contribution >= 4 is 0 Å². The second-order valence-corrected chi connectivity index (χ2v) is 5.83. The predicted octanol–water partition coefficient (Wildman–Crippen LogP) is 3.97. The molecular weight excluding hydrogens is 225 g/mol. The molecule has 0 spiro atoms. The van der Waals surface area contributed by atoms with Gasteiger partial charge in [-0.25, -0.2) is 4.39 Å².